The molecule has 0 unspecified atom stereocenters. The van der Waals surface area contributed by atoms with Gasteiger partial charge in [0.05, 0.1) is 17.9 Å². The van der Waals surface area contributed by atoms with Gasteiger partial charge in [0.15, 0.2) is 11.6 Å². The summed E-state index contributed by atoms with van der Waals surface area (Å²) in [6.07, 6.45) is -4.43. The van der Waals surface area contributed by atoms with Gasteiger partial charge in [-0.2, -0.15) is 22.0 Å². The third-order valence-corrected chi connectivity index (χ3v) is 3.96. The van der Waals surface area contributed by atoms with Crippen molar-refractivity contribution in [3.8, 4) is 11.5 Å². The van der Waals surface area contributed by atoms with Crippen LogP contribution in [0.2, 0.25) is 0 Å². The number of benzene rings is 2. The number of rotatable bonds is 9. The van der Waals surface area contributed by atoms with Gasteiger partial charge in [0, 0.05) is 6.07 Å². The molecule has 0 saturated heterocycles. The Morgan fingerprint density at radius 1 is 0.931 bits per heavy atom. The summed E-state index contributed by atoms with van der Waals surface area (Å²) in [6.45, 7) is 2.07. The first-order valence-corrected chi connectivity index (χ1v) is 8.97. The summed E-state index contributed by atoms with van der Waals surface area (Å²) in [5.41, 5.74) is 0.531. The Hall–Kier alpha value is -2.64. The van der Waals surface area contributed by atoms with E-state index in [4.69, 9.17) is 0 Å². The van der Waals surface area contributed by atoms with Crippen LogP contribution in [0.1, 0.15) is 37.3 Å². The quantitative estimate of drug-likeness (QED) is 0.245. The Bertz CT molecular complexity index is 813. The number of hydrogen-bond donors (Lipinski definition) is 0. The van der Waals surface area contributed by atoms with E-state index in [0.29, 0.717) is 6.07 Å². The van der Waals surface area contributed by atoms with Crippen molar-refractivity contribution < 1.29 is 35.8 Å². The van der Waals surface area contributed by atoms with Crippen molar-refractivity contribution in [1.29, 1.82) is 0 Å². The number of hydrogen-bond acceptors (Lipinski definition) is 2. The maximum Gasteiger partial charge on any atom is 0.426 e. The molecule has 29 heavy (non-hydrogen) atoms. The Labute approximate surface area is 164 Å². The summed E-state index contributed by atoms with van der Waals surface area (Å²) in [7, 11) is 0. The highest BCUT2D eigenvalue weighted by Crippen LogP contribution is 2.33. The third-order valence-electron chi connectivity index (χ3n) is 3.96. The predicted octanol–water partition coefficient (Wildman–Crippen LogP) is 7.14. The van der Waals surface area contributed by atoms with Crippen LogP contribution in [0.25, 0.3) is 0 Å². The molecule has 0 aliphatic carbocycles. The number of unbranched alkanes of at least 4 members (excludes halogenated alkanes) is 2. The van der Waals surface area contributed by atoms with E-state index < -0.39 is 35.2 Å². The number of aryl methyl sites for hydroxylation is 1. The monoisotopic (exact) mass is 418 g/mol. The van der Waals surface area contributed by atoms with Crippen LogP contribution in [0.4, 0.5) is 26.3 Å². The summed E-state index contributed by atoms with van der Waals surface area (Å²) in [4.78, 5) is 0. The van der Waals surface area contributed by atoms with Crippen molar-refractivity contribution >= 4 is 0 Å². The molecular formula is C21H20F6O2. The Kier molecular flexibility index (Phi) is 7.59. The van der Waals surface area contributed by atoms with Gasteiger partial charge in [0.2, 0.25) is 0 Å². The molecule has 0 saturated carbocycles. The van der Waals surface area contributed by atoms with E-state index in [1.165, 1.54) is 12.1 Å². The molecule has 2 aromatic carbocycles. The molecular weight excluding hydrogens is 398 g/mol. The van der Waals surface area contributed by atoms with Crippen LogP contribution in [0.15, 0.2) is 54.8 Å². The van der Waals surface area contributed by atoms with Gasteiger partial charge in [0.25, 0.3) is 0 Å². The summed E-state index contributed by atoms with van der Waals surface area (Å²) in [5, 5.41) is 0. The molecule has 2 nitrogen and oxygen atoms in total. The predicted molar refractivity (Wildman–Crippen MR) is 96.4 cm³/mol. The van der Waals surface area contributed by atoms with Gasteiger partial charge in [0.1, 0.15) is 5.75 Å². The van der Waals surface area contributed by atoms with Gasteiger partial charge in [-0.25, -0.2) is 4.39 Å². The Morgan fingerprint density at radius 3 is 2.21 bits per heavy atom. The summed E-state index contributed by atoms with van der Waals surface area (Å²) < 4.78 is 87.7. The molecule has 2 aromatic rings. The van der Waals surface area contributed by atoms with Crippen LogP contribution >= 0.6 is 0 Å². The number of ether oxygens (including phenoxy) is 2. The highest BCUT2D eigenvalue weighted by atomic mass is 19.4. The zero-order chi connectivity index (χ0) is 21.5. The molecule has 0 N–H and O–H groups in total. The molecule has 0 heterocycles. The molecule has 0 spiro atoms. The minimum atomic E-state index is -4.62. The molecule has 2 rings (SSSR count). The average molecular weight is 418 g/mol. The van der Waals surface area contributed by atoms with Gasteiger partial charge in [-0.1, -0.05) is 31.9 Å². The van der Waals surface area contributed by atoms with Gasteiger partial charge < -0.3 is 9.47 Å². The van der Waals surface area contributed by atoms with Crippen molar-refractivity contribution in [3.05, 3.63) is 71.7 Å². The molecule has 158 valence electrons. The Morgan fingerprint density at radius 2 is 1.62 bits per heavy atom. The molecule has 0 amide bonds. The molecule has 0 aromatic heterocycles. The highest BCUT2D eigenvalue weighted by Gasteiger charge is 2.34. The van der Waals surface area contributed by atoms with Crippen molar-refractivity contribution in [3.63, 3.8) is 0 Å². The van der Waals surface area contributed by atoms with E-state index in [-0.39, 0.29) is 12.3 Å². The number of alkyl halides is 5. The SMILES string of the molecule is CCCCCc1ccc(C(F)(F)Oc2ccc(O/C=C/C(F)(F)F)c(F)c2)cc1. The van der Waals surface area contributed by atoms with Gasteiger partial charge in [-0.3, -0.25) is 0 Å². The second kappa shape index (κ2) is 9.71. The van der Waals surface area contributed by atoms with E-state index in [1.807, 2.05) is 0 Å². The molecule has 0 radical (unpaired) electrons. The lowest BCUT2D eigenvalue weighted by atomic mass is 10.1. The van der Waals surface area contributed by atoms with Crippen LogP contribution in [0, 0.1) is 5.82 Å². The molecule has 0 aliphatic rings. The number of halogens is 6. The van der Waals surface area contributed by atoms with Crippen LogP contribution in [0.5, 0.6) is 11.5 Å². The van der Waals surface area contributed by atoms with Crippen molar-refractivity contribution in [2.24, 2.45) is 0 Å². The van der Waals surface area contributed by atoms with E-state index in [9.17, 15) is 26.3 Å². The second-order valence-corrected chi connectivity index (χ2v) is 6.33. The second-order valence-electron chi connectivity index (χ2n) is 6.33. The van der Waals surface area contributed by atoms with Gasteiger partial charge >= 0.3 is 12.3 Å². The van der Waals surface area contributed by atoms with E-state index in [2.05, 4.69) is 16.4 Å². The summed E-state index contributed by atoms with van der Waals surface area (Å²) >= 11 is 0. The smallest absolute Gasteiger partial charge is 0.426 e. The molecule has 0 bridgehead atoms. The largest absolute Gasteiger partial charge is 0.462 e. The van der Waals surface area contributed by atoms with Crippen LogP contribution in [-0.4, -0.2) is 6.18 Å². The summed E-state index contributed by atoms with van der Waals surface area (Å²) in [6, 6.07) is 8.17. The van der Waals surface area contributed by atoms with Crippen LogP contribution < -0.4 is 9.47 Å². The van der Waals surface area contributed by atoms with Crippen molar-refractivity contribution in [2.45, 2.75) is 44.9 Å². The third kappa shape index (κ3) is 7.36. The Balaban J connectivity index is 2.04. The van der Waals surface area contributed by atoms with Gasteiger partial charge in [-0.05, 0) is 42.7 Å². The lowest BCUT2D eigenvalue weighted by molar-refractivity contribution is -0.185. The van der Waals surface area contributed by atoms with E-state index in [0.717, 1.165) is 43.4 Å². The fraction of sp³-hybridized carbons (Fsp3) is 0.333. The minimum Gasteiger partial charge on any atom is -0.462 e. The highest BCUT2D eigenvalue weighted by molar-refractivity contribution is 5.34. The first-order valence-electron chi connectivity index (χ1n) is 8.97. The molecule has 8 heteroatoms. The topological polar surface area (TPSA) is 18.5 Å². The van der Waals surface area contributed by atoms with Crippen LogP contribution in [-0.2, 0) is 12.5 Å². The summed E-state index contributed by atoms with van der Waals surface area (Å²) in [5.74, 6) is -2.19. The average Bonchev–Trinajstić information content (AvgIpc) is 2.63. The first kappa shape index (κ1) is 22.6. The maximum atomic E-state index is 14.3. The van der Waals surface area contributed by atoms with E-state index >= 15 is 0 Å². The molecule has 0 aliphatic heterocycles. The fourth-order valence-corrected chi connectivity index (χ4v) is 2.48. The van der Waals surface area contributed by atoms with Crippen LogP contribution in [0.3, 0.4) is 0 Å². The number of allylic oxidation sites excluding steroid dienone is 1. The minimum absolute atomic E-state index is 0.225. The molecule has 0 fully saturated rings. The maximum absolute atomic E-state index is 14.3. The normalized spacial score (nSPS) is 12.4. The lowest BCUT2D eigenvalue weighted by Gasteiger charge is -2.19. The fourth-order valence-electron chi connectivity index (χ4n) is 2.48. The van der Waals surface area contributed by atoms with Crippen molar-refractivity contribution in [2.75, 3.05) is 0 Å². The van der Waals surface area contributed by atoms with E-state index in [1.54, 1.807) is 12.1 Å². The zero-order valence-corrected chi connectivity index (χ0v) is 15.6. The molecule has 0 atom stereocenters. The van der Waals surface area contributed by atoms with Gasteiger partial charge in [-0.15, -0.1) is 0 Å². The van der Waals surface area contributed by atoms with Crippen molar-refractivity contribution in [1.82, 2.24) is 0 Å². The standard InChI is InChI=1S/C21H20F6O2/c1-2-3-4-5-15-6-8-16(9-7-15)21(26,27)29-17-10-11-19(18(22)14-17)28-13-12-20(23,24)25/h6-14H,2-5H2,1H3/b13-12+. The lowest BCUT2D eigenvalue weighted by Crippen LogP contribution is -2.21. The zero-order valence-electron chi connectivity index (χ0n) is 15.6. The first-order chi connectivity index (χ1) is 13.6.